The fourth-order valence-electron chi connectivity index (χ4n) is 3.47. The molecule has 1 heterocycles. The van der Waals surface area contributed by atoms with Crippen molar-refractivity contribution in [1.29, 1.82) is 0 Å². The van der Waals surface area contributed by atoms with E-state index in [-0.39, 0.29) is 41.3 Å². The summed E-state index contributed by atoms with van der Waals surface area (Å²) in [6.07, 6.45) is 0.737. The minimum Gasteiger partial charge on any atom is -0.503 e. The molecule has 7 heteroatoms. The van der Waals surface area contributed by atoms with Gasteiger partial charge < -0.3 is 14.6 Å². The maximum absolute atomic E-state index is 13.4. The maximum Gasteiger partial charge on any atom is 0.309 e. The third-order valence-corrected chi connectivity index (χ3v) is 5.61. The van der Waals surface area contributed by atoms with Gasteiger partial charge in [0.1, 0.15) is 11.9 Å². The van der Waals surface area contributed by atoms with Gasteiger partial charge in [0.05, 0.1) is 13.0 Å². The third-order valence-electron chi connectivity index (χ3n) is 5.61. The van der Waals surface area contributed by atoms with Gasteiger partial charge in [-0.1, -0.05) is 26.8 Å². The Hall–Kier alpha value is -2.96. The molecule has 0 bridgehead atoms. The Labute approximate surface area is 182 Å². The van der Waals surface area contributed by atoms with Gasteiger partial charge in [-0.15, -0.1) is 0 Å². The van der Waals surface area contributed by atoms with E-state index in [0.717, 1.165) is 11.1 Å². The summed E-state index contributed by atoms with van der Waals surface area (Å²) < 4.78 is 24.1. The largest absolute Gasteiger partial charge is 0.503 e. The van der Waals surface area contributed by atoms with E-state index in [1.165, 1.54) is 31.5 Å². The molecule has 0 spiro atoms. The molecule has 0 saturated carbocycles. The average molecular weight is 432 g/mol. The van der Waals surface area contributed by atoms with Crippen LogP contribution < -0.4 is 4.74 Å². The van der Waals surface area contributed by atoms with Crippen LogP contribution in [0, 0.1) is 24.6 Å². The van der Waals surface area contributed by atoms with E-state index in [0.29, 0.717) is 0 Å². The van der Waals surface area contributed by atoms with Crippen LogP contribution in [-0.4, -0.2) is 35.1 Å². The quantitative estimate of drug-likeness (QED) is 0.452. The molecule has 0 fully saturated rings. The lowest BCUT2D eigenvalue weighted by molar-refractivity contribution is -0.155. The van der Waals surface area contributed by atoms with E-state index in [4.69, 9.17) is 9.47 Å². The molecule has 0 amide bonds. The highest BCUT2D eigenvalue weighted by atomic mass is 19.1. The van der Waals surface area contributed by atoms with Crippen LogP contribution in [0.4, 0.5) is 4.39 Å². The fraction of sp³-hybridized carbons (Fsp3) is 0.458. The van der Waals surface area contributed by atoms with Crippen LogP contribution in [0.15, 0.2) is 30.5 Å². The summed E-state index contributed by atoms with van der Waals surface area (Å²) in [4.78, 5) is 29.6. The number of halogens is 1. The van der Waals surface area contributed by atoms with Crippen LogP contribution in [0.25, 0.3) is 0 Å². The third kappa shape index (κ3) is 5.81. The molecule has 31 heavy (non-hydrogen) atoms. The Morgan fingerprint density at radius 3 is 2.42 bits per heavy atom. The van der Waals surface area contributed by atoms with Gasteiger partial charge in [-0.2, -0.15) is 0 Å². The Balaban J connectivity index is 2.14. The van der Waals surface area contributed by atoms with Gasteiger partial charge in [0.25, 0.3) is 0 Å². The number of esters is 1. The van der Waals surface area contributed by atoms with Gasteiger partial charge in [-0.3, -0.25) is 9.59 Å². The highest BCUT2D eigenvalue weighted by Crippen LogP contribution is 2.31. The first kappa shape index (κ1) is 24.3. The Morgan fingerprint density at radius 1 is 1.16 bits per heavy atom. The second-order valence-electron chi connectivity index (χ2n) is 8.12. The van der Waals surface area contributed by atoms with Crippen LogP contribution in [0.3, 0.4) is 0 Å². The number of methoxy groups -OCH3 is 1. The summed E-state index contributed by atoms with van der Waals surface area (Å²) in [5, 5.41) is 10.2. The SMILES string of the molecule is COc1ccnc(C(=O)C[C@H](C(=O)O[C@H](C)[C@H](C)c2ccc(F)cc2C)C(C)C)c1O. The van der Waals surface area contributed by atoms with E-state index in [1.807, 2.05) is 27.7 Å². The number of aromatic nitrogens is 1. The van der Waals surface area contributed by atoms with Gasteiger partial charge in [-0.25, -0.2) is 9.37 Å². The number of nitrogens with zero attached hydrogens (tertiary/aromatic N) is 1. The van der Waals surface area contributed by atoms with Gasteiger partial charge in [0.15, 0.2) is 23.0 Å². The lowest BCUT2D eigenvalue weighted by Crippen LogP contribution is -2.30. The molecule has 6 nitrogen and oxygen atoms in total. The molecule has 0 unspecified atom stereocenters. The van der Waals surface area contributed by atoms with Gasteiger partial charge >= 0.3 is 5.97 Å². The molecular formula is C24H30FNO5. The first-order valence-corrected chi connectivity index (χ1v) is 10.3. The number of benzene rings is 1. The standard InChI is InChI=1S/C24H30FNO5/c1-13(2)19(12-20(27)22-23(28)21(30-6)9-10-26-22)24(29)31-16(5)15(4)18-8-7-17(25)11-14(18)3/h7-11,13,15-16,19,28H,12H2,1-6H3/t15-,16+,19-/m0/s1. The Kier molecular flexibility index (Phi) is 8.14. The number of aryl methyl sites for hydroxylation is 1. The van der Waals surface area contributed by atoms with E-state index in [9.17, 15) is 19.1 Å². The minimum atomic E-state index is -0.705. The molecule has 0 saturated heterocycles. The minimum absolute atomic E-state index is 0.138. The van der Waals surface area contributed by atoms with Crippen molar-refractivity contribution in [3.63, 3.8) is 0 Å². The van der Waals surface area contributed by atoms with E-state index < -0.39 is 23.8 Å². The van der Waals surface area contributed by atoms with Crippen molar-refractivity contribution in [2.24, 2.45) is 11.8 Å². The maximum atomic E-state index is 13.4. The first-order chi connectivity index (χ1) is 14.6. The van der Waals surface area contributed by atoms with Crippen LogP contribution in [0.5, 0.6) is 11.5 Å². The molecule has 0 aliphatic carbocycles. The van der Waals surface area contributed by atoms with Crippen molar-refractivity contribution >= 4 is 11.8 Å². The number of carbonyl (C=O) groups is 2. The first-order valence-electron chi connectivity index (χ1n) is 10.3. The number of Topliss-reactive ketones (excluding diaryl/α,β-unsaturated/α-hetero) is 1. The van der Waals surface area contributed by atoms with E-state index in [2.05, 4.69) is 4.98 Å². The summed E-state index contributed by atoms with van der Waals surface area (Å²) in [6.45, 7) is 9.16. The number of pyridine rings is 1. The number of carbonyl (C=O) groups excluding carboxylic acids is 2. The number of rotatable bonds is 9. The summed E-state index contributed by atoms with van der Waals surface area (Å²) in [7, 11) is 1.38. The number of aromatic hydroxyl groups is 1. The fourth-order valence-corrected chi connectivity index (χ4v) is 3.47. The zero-order valence-corrected chi connectivity index (χ0v) is 18.8. The van der Waals surface area contributed by atoms with Crippen molar-refractivity contribution in [3.8, 4) is 11.5 Å². The molecule has 0 radical (unpaired) electrons. The molecule has 1 aromatic carbocycles. The molecular weight excluding hydrogens is 401 g/mol. The van der Waals surface area contributed by atoms with Crippen LogP contribution in [0.2, 0.25) is 0 Å². The lowest BCUT2D eigenvalue weighted by atomic mass is 9.89. The van der Waals surface area contributed by atoms with Gasteiger partial charge in [0, 0.05) is 24.6 Å². The molecule has 1 aromatic heterocycles. The summed E-state index contributed by atoms with van der Waals surface area (Å²) >= 11 is 0. The van der Waals surface area contributed by atoms with Crippen molar-refractivity contribution in [1.82, 2.24) is 4.98 Å². The van der Waals surface area contributed by atoms with Crippen LogP contribution in [-0.2, 0) is 9.53 Å². The topological polar surface area (TPSA) is 85.7 Å². The van der Waals surface area contributed by atoms with Crippen molar-refractivity contribution in [2.45, 2.75) is 53.1 Å². The summed E-state index contributed by atoms with van der Waals surface area (Å²) in [5.74, 6) is -2.52. The summed E-state index contributed by atoms with van der Waals surface area (Å²) in [6, 6.07) is 5.97. The predicted molar refractivity (Wildman–Crippen MR) is 115 cm³/mol. The summed E-state index contributed by atoms with van der Waals surface area (Å²) in [5.41, 5.74) is 1.54. The average Bonchev–Trinajstić information content (AvgIpc) is 2.71. The number of hydrogen-bond acceptors (Lipinski definition) is 6. The van der Waals surface area contributed by atoms with Crippen LogP contribution in [0.1, 0.15) is 61.6 Å². The van der Waals surface area contributed by atoms with Crippen molar-refractivity contribution < 1.29 is 28.6 Å². The lowest BCUT2D eigenvalue weighted by Gasteiger charge is -2.26. The van der Waals surface area contributed by atoms with Gasteiger partial charge in [0.2, 0.25) is 0 Å². The van der Waals surface area contributed by atoms with Crippen molar-refractivity contribution in [3.05, 3.63) is 53.1 Å². The predicted octanol–water partition coefficient (Wildman–Crippen LogP) is 4.82. The normalized spacial score (nSPS) is 14.1. The smallest absolute Gasteiger partial charge is 0.309 e. The molecule has 0 aliphatic rings. The zero-order valence-electron chi connectivity index (χ0n) is 18.8. The highest BCUT2D eigenvalue weighted by Gasteiger charge is 2.31. The highest BCUT2D eigenvalue weighted by molar-refractivity contribution is 5.99. The van der Waals surface area contributed by atoms with E-state index >= 15 is 0 Å². The second-order valence-corrected chi connectivity index (χ2v) is 8.12. The Morgan fingerprint density at radius 2 is 1.84 bits per heavy atom. The van der Waals surface area contributed by atoms with Gasteiger partial charge in [-0.05, 0) is 43.0 Å². The second kappa shape index (κ2) is 10.4. The van der Waals surface area contributed by atoms with Crippen molar-refractivity contribution in [2.75, 3.05) is 7.11 Å². The number of ketones is 1. The van der Waals surface area contributed by atoms with E-state index in [1.54, 1.807) is 13.0 Å². The molecule has 2 aromatic rings. The Bertz CT molecular complexity index is 944. The molecule has 0 aliphatic heterocycles. The zero-order chi connectivity index (χ0) is 23.3. The monoisotopic (exact) mass is 431 g/mol. The molecule has 2 rings (SSSR count). The van der Waals surface area contributed by atoms with Crippen LogP contribution >= 0.6 is 0 Å². The molecule has 3 atom stereocenters. The molecule has 1 N–H and O–H groups in total. The number of hydrogen-bond donors (Lipinski definition) is 1. The molecule has 168 valence electrons. The number of ether oxygens (including phenoxy) is 2.